The first-order valence-corrected chi connectivity index (χ1v) is 6.55. The number of H-pyrrole nitrogens is 1. The van der Waals surface area contributed by atoms with Crippen molar-refractivity contribution < 1.29 is 26.3 Å². The van der Waals surface area contributed by atoms with Gasteiger partial charge in [0.2, 0.25) is 5.28 Å². The van der Waals surface area contributed by atoms with E-state index in [0.29, 0.717) is 18.3 Å². The number of benzene rings is 1. The van der Waals surface area contributed by atoms with Crippen LogP contribution in [0.4, 0.5) is 32.3 Å². The van der Waals surface area contributed by atoms with Gasteiger partial charge in [-0.25, -0.2) is 10.2 Å². The summed E-state index contributed by atoms with van der Waals surface area (Å²) in [5.74, 6) is -0.395. The average molecular weight is 386 g/mol. The fraction of sp³-hybridized carbons (Fsp3) is 0.167. The molecular weight excluding hydrogens is 380 g/mol. The van der Waals surface area contributed by atoms with E-state index in [2.05, 4.69) is 20.5 Å². The number of hydrogen-bond acceptors (Lipinski definition) is 5. The third-order valence-electron chi connectivity index (χ3n) is 2.61. The molecule has 0 fully saturated rings. The number of anilines is 1. The van der Waals surface area contributed by atoms with Crippen LogP contribution >= 0.6 is 11.6 Å². The minimum atomic E-state index is -4.97. The number of nitrogens with zero attached hydrogens (tertiary/aromatic N) is 3. The molecule has 0 atom stereocenters. The van der Waals surface area contributed by atoms with E-state index in [1.54, 1.807) is 0 Å². The highest BCUT2D eigenvalue weighted by atomic mass is 35.5. The predicted octanol–water partition coefficient (Wildman–Crippen LogP) is 3.30. The molecule has 1 aromatic carbocycles. The van der Waals surface area contributed by atoms with Crippen LogP contribution < -0.4 is 11.1 Å². The molecule has 13 heteroatoms. The van der Waals surface area contributed by atoms with Gasteiger partial charge in [-0.3, -0.25) is 4.98 Å². The maximum Gasteiger partial charge on any atom is 0.416 e. The van der Waals surface area contributed by atoms with Gasteiger partial charge >= 0.3 is 18.0 Å². The zero-order valence-corrected chi connectivity index (χ0v) is 12.5. The quantitative estimate of drug-likeness (QED) is 0.482. The van der Waals surface area contributed by atoms with Crippen molar-refractivity contribution in [1.29, 1.82) is 0 Å². The number of alkyl halides is 6. The van der Waals surface area contributed by atoms with Gasteiger partial charge in [0.05, 0.1) is 17.3 Å². The van der Waals surface area contributed by atoms with Gasteiger partial charge in [0.1, 0.15) is 0 Å². The van der Waals surface area contributed by atoms with Crippen molar-refractivity contribution >= 4 is 23.8 Å². The first-order chi connectivity index (χ1) is 11.4. The first-order valence-electron chi connectivity index (χ1n) is 6.17. The number of hydrazone groups is 1. The van der Waals surface area contributed by atoms with Crippen LogP contribution in [0.2, 0.25) is 5.28 Å². The van der Waals surface area contributed by atoms with E-state index in [0.717, 1.165) is 0 Å². The van der Waals surface area contributed by atoms with Crippen molar-refractivity contribution in [2.75, 3.05) is 5.43 Å². The average Bonchev–Trinajstić information content (AvgIpc) is 2.44. The number of hydrogen-bond donors (Lipinski definition) is 2. The summed E-state index contributed by atoms with van der Waals surface area (Å²) in [6.07, 6.45) is -9.26. The van der Waals surface area contributed by atoms with E-state index in [4.69, 9.17) is 11.6 Å². The summed E-state index contributed by atoms with van der Waals surface area (Å²) in [6.45, 7) is 0. The Morgan fingerprint density at radius 1 is 1.04 bits per heavy atom. The van der Waals surface area contributed by atoms with Gasteiger partial charge in [-0.05, 0) is 35.4 Å². The van der Waals surface area contributed by atoms with Crippen LogP contribution in [-0.4, -0.2) is 21.2 Å². The maximum absolute atomic E-state index is 12.7. The largest absolute Gasteiger partial charge is 0.416 e. The Morgan fingerprint density at radius 3 is 2.08 bits per heavy atom. The summed E-state index contributed by atoms with van der Waals surface area (Å²) in [6, 6.07) is 0.947. The third-order valence-corrected chi connectivity index (χ3v) is 2.79. The molecule has 0 aliphatic carbocycles. The van der Waals surface area contributed by atoms with Crippen LogP contribution in [0.3, 0.4) is 0 Å². The van der Waals surface area contributed by atoms with Crippen LogP contribution in [-0.2, 0) is 12.4 Å². The van der Waals surface area contributed by atoms with Gasteiger partial charge in [0.25, 0.3) is 5.95 Å². The van der Waals surface area contributed by atoms with E-state index in [-0.39, 0.29) is 11.3 Å². The monoisotopic (exact) mass is 385 g/mol. The van der Waals surface area contributed by atoms with Crippen molar-refractivity contribution in [3.05, 3.63) is 50.7 Å². The smallest absolute Gasteiger partial charge is 0.280 e. The second-order valence-corrected chi connectivity index (χ2v) is 4.84. The molecule has 0 saturated heterocycles. The van der Waals surface area contributed by atoms with Crippen molar-refractivity contribution in [2.45, 2.75) is 12.4 Å². The topological polar surface area (TPSA) is 83.0 Å². The predicted molar refractivity (Wildman–Crippen MR) is 75.3 cm³/mol. The van der Waals surface area contributed by atoms with Gasteiger partial charge < -0.3 is 0 Å². The standard InChI is InChI=1S/C12H6ClF6N5O/c13-8-21-9(23-10(25)22-8)24-20-4-5-1-6(11(14,15)16)3-7(2-5)12(17,18)19/h1-4H,(H2,21,22,23,24,25)/b20-4+. The summed E-state index contributed by atoms with van der Waals surface area (Å²) in [5.41, 5.74) is -2.26. The summed E-state index contributed by atoms with van der Waals surface area (Å²) in [4.78, 5) is 19.8. The Balaban J connectivity index is 2.33. The van der Waals surface area contributed by atoms with E-state index < -0.39 is 40.7 Å². The maximum atomic E-state index is 12.7. The summed E-state index contributed by atoms with van der Waals surface area (Å²) in [5, 5.41) is 3.06. The molecule has 25 heavy (non-hydrogen) atoms. The zero-order chi connectivity index (χ0) is 18.8. The molecule has 1 heterocycles. The fourth-order valence-electron chi connectivity index (χ4n) is 1.63. The molecule has 6 nitrogen and oxygen atoms in total. The van der Waals surface area contributed by atoms with Gasteiger partial charge in [0.15, 0.2) is 0 Å². The molecule has 2 aromatic rings. The highest BCUT2D eigenvalue weighted by Gasteiger charge is 2.36. The SMILES string of the molecule is O=c1nc(N/N=C/c2cc(C(F)(F)F)cc(C(F)(F)F)c2)nc(Cl)[nH]1. The molecule has 0 amide bonds. The van der Waals surface area contributed by atoms with Crippen LogP contribution in [0.15, 0.2) is 28.1 Å². The number of halogens is 7. The number of aromatic amines is 1. The Labute approximate surface area is 139 Å². The van der Waals surface area contributed by atoms with Crippen molar-refractivity contribution in [3.63, 3.8) is 0 Å². The number of rotatable bonds is 3. The van der Waals surface area contributed by atoms with E-state index in [9.17, 15) is 31.1 Å². The molecule has 0 spiro atoms. The van der Waals surface area contributed by atoms with Crippen LogP contribution in [0, 0.1) is 0 Å². The Bertz CT molecular complexity index is 828. The lowest BCUT2D eigenvalue weighted by Crippen LogP contribution is -2.14. The van der Waals surface area contributed by atoms with E-state index >= 15 is 0 Å². The van der Waals surface area contributed by atoms with Crippen molar-refractivity contribution in [2.24, 2.45) is 5.10 Å². The number of nitrogens with one attached hydrogen (secondary N) is 2. The molecule has 0 unspecified atom stereocenters. The normalized spacial score (nSPS) is 12.6. The molecule has 0 radical (unpaired) electrons. The van der Waals surface area contributed by atoms with Gasteiger partial charge in [-0.2, -0.15) is 41.4 Å². The Hall–Kier alpha value is -2.63. The molecule has 2 N–H and O–H groups in total. The minimum Gasteiger partial charge on any atom is -0.280 e. The molecule has 0 aliphatic heterocycles. The van der Waals surface area contributed by atoms with Crippen LogP contribution in [0.1, 0.15) is 16.7 Å². The molecule has 2 rings (SSSR count). The summed E-state index contributed by atoms with van der Waals surface area (Å²) in [7, 11) is 0. The first kappa shape index (κ1) is 18.7. The fourth-order valence-corrected chi connectivity index (χ4v) is 1.79. The van der Waals surface area contributed by atoms with Crippen molar-refractivity contribution in [3.8, 4) is 0 Å². The van der Waals surface area contributed by atoms with Crippen molar-refractivity contribution in [1.82, 2.24) is 15.0 Å². The second kappa shape index (κ2) is 6.70. The molecule has 0 saturated carbocycles. The molecule has 1 aromatic heterocycles. The minimum absolute atomic E-state index is 0.00953. The van der Waals surface area contributed by atoms with Gasteiger partial charge in [-0.15, -0.1) is 0 Å². The van der Waals surface area contributed by atoms with Crippen LogP contribution in [0.5, 0.6) is 0 Å². The Kier molecular flexibility index (Phi) is 5.02. The molecule has 0 aliphatic rings. The second-order valence-electron chi connectivity index (χ2n) is 4.48. The Morgan fingerprint density at radius 2 is 1.60 bits per heavy atom. The van der Waals surface area contributed by atoms with E-state index in [1.165, 1.54) is 0 Å². The lowest BCUT2D eigenvalue weighted by molar-refractivity contribution is -0.143. The van der Waals surface area contributed by atoms with E-state index in [1.807, 2.05) is 4.98 Å². The zero-order valence-electron chi connectivity index (χ0n) is 11.7. The summed E-state index contributed by atoms with van der Waals surface area (Å²) < 4.78 is 76.3. The highest BCUT2D eigenvalue weighted by Crippen LogP contribution is 2.36. The van der Waals surface area contributed by atoms with Crippen LogP contribution in [0.25, 0.3) is 0 Å². The summed E-state index contributed by atoms with van der Waals surface area (Å²) >= 11 is 5.44. The lowest BCUT2D eigenvalue weighted by Gasteiger charge is -2.12. The highest BCUT2D eigenvalue weighted by molar-refractivity contribution is 6.28. The lowest BCUT2D eigenvalue weighted by atomic mass is 10.1. The molecule has 134 valence electrons. The number of aromatic nitrogens is 3. The molecular formula is C12H6ClF6N5O. The third kappa shape index (κ3) is 5.17. The van der Waals surface area contributed by atoms with Gasteiger partial charge in [0, 0.05) is 0 Å². The molecule has 0 bridgehead atoms. The van der Waals surface area contributed by atoms with Gasteiger partial charge in [-0.1, -0.05) is 0 Å².